The molecule has 170 valence electrons. The fourth-order valence-electron chi connectivity index (χ4n) is 3.70. The van der Waals surface area contributed by atoms with Crippen LogP contribution in [-0.2, 0) is 16.6 Å². The second kappa shape index (κ2) is 9.60. The first-order chi connectivity index (χ1) is 16.5. The average molecular weight is 473 g/mol. The van der Waals surface area contributed by atoms with Crippen molar-refractivity contribution >= 4 is 16.3 Å². The number of carbonyl (C=O) groups excluding carboxylic acids is 1. The Morgan fingerprint density at radius 1 is 1.00 bits per heavy atom. The number of aromatic nitrogens is 2. The maximum absolute atomic E-state index is 12.4. The highest BCUT2D eigenvalue weighted by molar-refractivity contribution is 7.89. The molecule has 9 heteroatoms. The molecule has 0 amide bonds. The van der Waals surface area contributed by atoms with Gasteiger partial charge in [-0.1, -0.05) is 72.8 Å². The van der Waals surface area contributed by atoms with Gasteiger partial charge in [-0.05, 0) is 17.2 Å². The second-order valence-corrected chi connectivity index (χ2v) is 8.96. The monoisotopic (exact) mass is 472 g/mol. The number of imidazole rings is 1. The van der Waals surface area contributed by atoms with E-state index in [1.165, 1.54) is 19.4 Å². The third-order valence-electron chi connectivity index (χ3n) is 5.27. The van der Waals surface area contributed by atoms with Crippen molar-refractivity contribution in [3.63, 3.8) is 0 Å². The molecule has 1 heterocycles. The highest BCUT2D eigenvalue weighted by atomic mass is 32.2. The van der Waals surface area contributed by atoms with Crippen molar-refractivity contribution in [3.8, 4) is 34.6 Å². The Bertz CT molecular complexity index is 1470. The minimum Gasteiger partial charge on any atom is -0.479 e. The summed E-state index contributed by atoms with van der Waals surface area (Å²) in [6.45, 7) is 0.352. The largest absolute Gasteiger partial charge is 0.479 e. The molecule has 1 N–H and O–H groups in total. The second-order valence-electron chi connectivity index (χ2n) is 7.31. The molecule has 8 nitrogen and oxygen atoms in total. The minimum atomic E-state index is -3.97. The van der Waals surface area contributed by atoms with Gasteiger partial charge < -0.3 is 9.30 Å². The SMILES string of the molecule is COc1nc(-c2ccccc2)n(Cc2ccc(-c3ccccc3S(=O)(=O)NC#N)cc2)c1C=O. The minimum absolute atomic E-state index is 0.0123. The van der Waals surface area contributed by atoms with Gasteiger partial charge in [0.25, 0.3) is 10.0 Å². The van der Waals surface area contributed by atoms with Crippen molar-refractivity contribution in [1.29, 1.82) is 5.26 Å². The summed E-state index contributed by atoms with van der Waals surface area (Å²) in [4.78, 5) is 16.3. The fraction of sp³-hybridized carbons (Fsp3) is 0.0800. The highest BCUT2D eigenvalue weighted by Gasteiger charge is 2.20. The summed E-state index contributed by atoms with van der Waals surface area (Å²) in [5.41, 5.74) is 3.18. The first-order valence-electron chi connectivity index (χ1n) is 10.2. The highest BCUT2D eigenvalue weighted by Crippen LogP contribution is 2.30. The van der Waals surface area contributed by atoms with E-state index in [-0.39, 0.29) is 10.8 Å². The van der Waals surface area contributed by atoms with Crippen molar-refractivity contribution in [1.82, 2.24) is 14.3 Å². The van der Waals surface area contributed by atoms with Crippen LogP contribution in [0, 0.1) is 11.5 Å². The van der Waals surface area contributed by atoms with Gasteiger partial charge in [0.2, 0.25) is 5.88 Å². The third-order valence-corrected chi connectivity index (χ3v) is 6.57. The zero-order chi connectivity index (χ0) is 24.1. The van der Waals surface area contributed by atoms with E-state index in [4.69, 9.17) is 10.00 Å². The van der Waals surface area contributed by atoms with Gasteiger partial charge in [0.15, 0.2) is 12.5 Å². The number of hydrogen-bond donors (Lipinski definition) is 1. The van der Waals surface area contributed by atoms with Crippen LogP contribution in [0.15, 0.2) is 83.8 Å². The zero-order valence-electron chi connectivity index (χ0n) is 18.2. The van der Waals surface area contributed by atoms with Crippen molar-refractivity contribution < 1.29 is 17.9 Å². The summed E-state index contributed by atoms with van der Waals surface area (Å²) in [6.07, 6.45) is 2.19. The molecule has 0 aliphatic carbocycles. The van der Waals surface area contributed by atoms with Crippen LogP contribution in [0.5, 0.6) is 5.88 Å². The lowest BCUT2D eigenvalue weighted by Gasteiger charge is -2.12. The molecule has 0 atom stereocenters. The van der Waals surface area contributed by atoms with Crippen LogP contribution >= 0.6 is 0 Å². The number of rotatable bonds is 8. The molecule has 0 aliphatic heterocycles. The van der Waals surface area contributed by atoms with E-state index in [1.807, 2.05) is 47.2 Å². The number of carbonyl (C=O) groups is 1. The molecular formula is C25H20N4O4S. The predicted octanol–water partition coefficient (Wildman–Crippen LogP) is 3.85. The maximum atomic E-state index is 12.4. The maximum Gasteiger partial charge on any atom is 0.270 e. The summed E-state index contributed by atoms with van der Waals surface area (Å²) in [5, 5.41) is 8.79. The Kier molecular flexibility index (Phi) is 6.43. The topological polar surface area (TPSA) is 114 Å². The lowest BCUT2D eigenvalue weighted by molar-refractivity contribution is 0.111. The summed E-state index contributed by atoms with van der Waals surface area (Å²) in [6, 6.07) is 23.3. The number of aldehydes is 1. The number of nitriles is 1. The fourth-order valence-corrected chi connectivity index (χ4v) is 4.67. The van der Waals surface area contributed by atoms with E-state index < -0.39 is 10.0 Å². The van der Waals surface area contributed by atoms with Gasteiger partial charge in [0, 0.05) is 17.7 Å². The summed E-state index contributed by atoms with van der Waals surface area (Å²) >= 11 is 0. The average Bonchev–Trinajstić information content (AvgIpc) is 3.22. The number of methoxy groups -OCH3 is 1. The van der Waals surface area contributed by atoms with E-state index in [9.17, 15) is 13.2 Å². The molecule has 4 rings (SSSR count). The molecule has 0 aliphatic rings. The number of sulfonamides is 1. The van der Waals surface area contributed by atoms with Crippen molar-refractivity contribution in [2.24, 2.45) is 0 Å². The molecule has 1 aromatic heterocycles. The van der Waals surface area contributed by atoms with Crippen LogP contribution in [0.2, 0.25) is 0 Å². The van der Waals surface area contributed by atoms with Crippen molar-refractivity contribution in [2.45, 2.75) is 11.4 Å². The van der Waals surface area contributed by atoms with Crippen LogP contribution in [0.1, 0.15) is 16.1 Å². The van der Waals surface area contributed by atoms with Gasteiger partial charge in [-0.25, -0.2) is 13.1 Å². The molecule has 0 bridgehead atoms. The number of benzene rings is 3. The quantitative estimate of drug-likeness (QED) is 0.237. The normalized spacial score (nSPS) is 10.9. The lowest BCUT2D eigenvalue weighted by atomic mass is 10.0. The molecule has 0 fully saturated rings. The van der Waals surface area contributed by atoms with Gasteiger partial charge in [-0.2, -0.15) is 10.2 Å². The van der Waals surface area contributed by atoms with Gasteiger partial charge in [0.1, 0.15) is 11.5 Å². The number of ether oxygens (including phenoxy) is 1. The first-order valence-corrected chi connectivity index (χ1v) is 11.7. The van der Waals surface area contributed by atoms with E-state index in [0.29, 0.717) is 29.2 Å². The standard InChI is InChI=1S/C25H20N4O4S/c1-33-25-22(16-30)29(24(28-25)20-7-3-2-4-8-20)15-18-11-13-19(14-12-18)21-9-5-6-10-23(21)34(31,32)27-17-26/h2-14,16,27H,15H2,1H3. The van der Waals surface area contributed by atoms with Crippen LogP contribution in [0.25, 0.3) is 22.5 Å². The van der Waals surface area contributed by atoms with E-state index in [2.05, 4.69) is 4.98 Å². The molecule has 0 saturated heterocycles. The molecule has 3 aromatic carbocycles. The summed E-state index contributed by atoms with van der Waals surface area (Å²) < 4.78 is 33.8. The van der Waals surface area contributed by atoms with Gasteiger partial charge >= 0.3 is 0 Å². The number of hydrogen-bond acceptors (Lipinski definition) is 6. The van der Waals surface area contributed by atoms with Gasteiger partial charge in [-0.15, -0.1) is 0 Å². The van der Waals surface area contributed by atoms with E-state index in [1.54, 1.807) is 34.9 Å². The number of nitrogens with zero attached hydrogens (tertiary/aromatic N) is 3. The molecule has 34 heavy (non-hydrogen) atoms. The molecule has 0 saturated carbocycles. The van der Waals surface area contributed by atoms with Crippen LogP contribution in [-0.4, -0.2) is 31.4 Å². The van der Waals surface area contributed by atoms with Gasteiger partial charge in [-0.3, -0.25) is 4.79 Å². The molecule has 0 radical (unpaired) electrons. The molecular weight excluding hydrogens is 452 g/mol. The van der Waals surface area contributed by atoms with Crippen molar-refractivity contribution in [3.05, 3.63) is 90.1 Å². The zero-order valence-corrected chi connectivity index (χ0v) is 19.0. The molecule has 0 unspecified atom stereocenters. The van der Waals surface area contributed by atoms with Gasteiger partial charge in [0.05, 0.1) is 12.0 Å². The third kappa shape index (κ3) is 4.40. The van der Waals surface area contributed by atoms with E-state index in [0.717, 1.165) is 17.4 Å². The summed E-state index contributed by atoms with van der Waals surface area (Å²) in [5.74, 6) is 0.845. The predicted molar refractivity (Wildman–Crippen MR) is 127 cm³/mol. The molecule has 4 aromatic rings. The van der Waals surface area contributed by atoms with Crippen LogP contribution in [0.4, 0.5) is 0 Å². The Morgan fingerprint density at radius 2 is 1.68 bits per heavy atom. The Labute approximate surface area is 197 Å². The van der Waals surface area contributed by atoms with E-state index >= 15 is 0 Å². The van der Waals surface area contributed by atoms with Crippen LogP contribution in [0.3, 0.4) is 0 Å². The summed E-state index contributed by atoms with van der Waals surface area (Å²) in [7, 11) is -2.50. The lowest BCUT2D eigenvalue weighted by Crippen LogP contribution is -2.18. The Morgan fingerprint density at radius 3 is 2.32 bits per heavy atom. The Balaban J connectivity index is 1.72. The number of nitrogens with one attached hydrogen (secondary N) is 1. The Hall–Kier alpha value is -4.42. The van der Waals surface area contributed by atoms with Crippen LogP contribution < -0.4 is 9.46 Å². The molecule has 0 spiro atoms. The smallest absolute Gasteiger partial charge is 0.270 e. The first kappa shape index (κ1) is 22.8. The van der Waals surface area contributed by atoms with Crippen molar-refractivity contribution in [2.75, 3.05) is 7.11 Å².